The van der Waals surface area contributed by atoms with Crippen LogP contribution in [0.25, 0.3) is 0 Å². The van der Waals surface area contributed by atoms with E-state index in [2.05, 4.69) is 16.9 Å². The fourth-order valence-electron chi connectivity index (χ4n) is 3.05. The number of nitrogens with zero attached hydrogens (tertiary/aromatic N) is 4. The van der Waals surface area contributed by atoms with Crippen molar-refractivity contribution in [1.82, 2.24) is 19.4 Å². The molecule has 22 heavy (non-hydrogen) atoms. The topological polar surface area (TPSA) is 54.5 Å². The second kappa shape index (κ2) is 5.61. The number of hydrogen-bond donors (Lipinski definition) is 0. The maximum absolute atomic E-state index is 12.8. The smallest absolute Gasteiger partial charge is 0.257 e. The van der Waals surface area contributed by atoms with Crippen LogP contribution in [0.4, 0.5) is 0 Å². The molecule has 118 valence electrons. The van der Waals surface area contributed by atoms with E-state index >= 15 is 0 Å². The average Bonchev–Trinajstić information content (AvgIpc) is 3.04. The zero-order valence-corrected chi connectivity index (χ0v) is 13.5. The van der Waals surface area contributed by atoms with Crippen LogP contribution in [0.15, 0.2) is 22.9 Å². The van der Waals surface area contributed by atoms with Crippen molar-refractivity contribution in [2.45, 2.75) is 19.9 Å². The van der Waals surface area contributed by atoms with E-state index < -0.39 is 0 Å². The van der Waals surface area contributed by atoms with E-state index in [0.717, 1.165) is 24.7 Å². The molecule has 1 aliphatic rings. The third-order valence-electron chi connectivity index (χ3n) is 4.36. The van der Waals surface area contributed by atoms with Crippen molar-refractivity contribution >= 4 is 5.91 Å². The Balaban J connectivity index is 1.83. The third kappa shape index (κ3) is 2.54. The number of aryl methyl sites for hydroxylation is 3. The van der Waals surface area contributed by atoms with E-state index in [9.17, 15) is 4.79 Å². The molecule has 0 aliphatic carbocycles. The van der Waals surface area contributed by atoms with E-state index in [1.807, 2.05) is 42.6 Å². The van der Waals surface area contributed by atoms with Crippen LogP contribution in [-0.4, -0.2) is 51.9 Å². The van der Waals surface area contributed by atoms with Gasteiger partial charge in [0.05, 0.1) is 11.6 Å². The summed E-state index contributed by atoms with van der Waals surface area (Å²) in [6.07, 6.45) is 3.74. The lowest BCUT2D eigenvalue weighted by Gasteiger charge is -2.38. The quantitative estimate of drug-likeness (QED) is 0.848. The van der Waals surface area contributed by atoms with Gasteiger partial charge in [-0.2, -0.15) is 0 Å². The molecule has 1 atom stereocenters. The number of furan rings is 1. The third-order valence-corrected chi connectivity index (χ3v) is 4.36. The molecule has 1 unspecified atom stereocenters. The molecule has 6 heteroatoms. The van der Waals surface area contributed by atoms with Crippen molar-refractivity contribution in [3.8, 4) is 0 Å². The molecule has 1 fully saturated rings. The maximum atomic E-state index is 12.8. The van der Waals surface area contributed by atoms with E-state index in [1.54, 1.807) is 6.20 Å². The zero-order chi connectivity index (χ0) is 15.9. The lowest BCUT2D eigenvalue weighted by Crippen LogP contribution is -2.49. The summed E-state index contributed by atoms with van der Waals surface area (Å²) in [6, 6.07) is 1.94. The minimum Gasteiger partial charge on any atom is -0.466 e. The maximum Gasteiger partial charge on any atom is 0.257 e. The van der Waals surface area contributed by atoms with Crippen LogP contribution < -0.4 is 0 Å². The van der Waals surface area contributed by atoms with Crippen molar-refractivity contribution in [2.75, 3.05) is 26.7 Å². The van der Waals surface area contributed by atoms with Crippen molar-refractivity contribution in [1.29, 1.82) is 0 Å². The van der Waals surface area contributed by atoms with Gasteiger partial charge in [-0.05, 0) is 27.0 Å². The number of imidazole rings is 1. The summed E-state index contributed by atoms with van der Waals surface area (Å²) in [6.45, 7) is 5.90. The second-order valence-electron chi connectivity index (χ2n) is 5.97. The normalized spacial score (nSPS) is 19.6. The molecule has 0 spiro atoms. The number of amides is 1. The first-order valence-electron chi connectivity index (χ1n) is 7.51. The van der Waals surface area contributed by atoms with E-state index in [-0.39, 0.29) is 11.9 Å². The highest BCUT2D eigenvalue weighted by atomic mass is 16.3. The predicted molar refractivity (Wildman–Crippen MR) is 82.7 cm³/mol. The van der Waals surface area contributed by atoms with Gasteiger partial charge in [0.1, 0.15) is 17.3 Å². The average molecular weight is 302 g/mol. The van der Waals surface area contributed by atoms with Crippen LogP contribution in [0.5, 0.6) is 0 Å². The van der Waals surface area contributed by atoms with Gasteiger partial charge in [0.2, 0.25) is 0 Å². The highest BCUT2D eigenvalue weighted by Gasteiger charge is 2.32. The Morgan fingerprint density at radius 3 is 2.68 bits per heavy atom. The number of piperazine rings is 1. The van der Waals surface area contributed by atoms with Gasteiger partial charge in [-0.3, -0.25) is 9.69 Å². The minimum atomic E-state index is 0.0432. The minimum absolute atomic E-state index is 0.0432. The Labute approximate surface area is 130 Å². The standard InChI is InChI=1S/C16H22N4O2/c1-11-9-13(12(2)22-11)16(21)20-8-7-18(3)14(10-20)15-17-5-6-19(15)4/h5-6,9,14H,7-8,10H2,1-4H3. The fourth-order valence-corrected chi connectivity index (χ4v) is 3.05. The zero-order valence-electron chi connectivity index (χ0n) is 13.5. The molecular formula is C16H22N4O2. The molecule has 0 N–H and O–H groups in total. The highest BCUT2D eigenvalue weighted by Crippen LogP contribution is 2.24. The summed E-state index contributed by atoms with van der Waals surface area (Å²) in [4.78, 5) is 21.4. The van der Waals surface area contributed by atoms with Crippen molar-refractivity contribution in [3.63, 3.8) is 0 Å². The van der Waals surface area contributed by atoms with Gasteiger partial charge in [-0.1, -0.05) is 0 Å². The molecule has 3 heterocycles. The Bertz CT molecular complexity index is 688. The van der Waals surface area contributed by atoms with Crippen LogP contribution in [0.1, 0.15) is 33.7 Å². The number of rotatable bonds is 2. The number of likely N-dealkylation sites (N-methyl/N-ethyl adjacent to an activating group) is 1. The molecule has 0 saturated carbocycles. The van der Waals surface area contributed by atoms with Crippen molar-refractivity contribution < 1.29 is 9.21 Å². The Morgan fingerprint density at radius 1 is 1.32 bits per heavy atom. The lowest BCUT2D eigenvalue weighted by atomic mass is 10.1. The predicted octanol–water partition coefficient (Wildman–Crippen LogP) is 1.76. The summed E-state index contributed by atoms with van der Waals surface area (Å²) >= 11 is 0. The van der Waals surface area contributed by atoms with Crippen LogP contribution in [0, 0.1) is 13.8 Å². The SMILES string of the molecule is Cc1cc(C(=O)N2CCN(C)C(c3nccn3C)C2)c(C)o1. The van der Waals surface area contributed by atoms with E-state index in [4.69, 9.17) is 4.42 Å². The molecule has 0 aromatic carbocycles. The summed E-state index contributed by atoms with van der Waals surface area (Å²) in [7, 11) is 4.06. The van der Waals surface area contributed by atoms with Crippen molar-refractivity contribution in [2.24, 2.45) is 7.05 Å². The van der Waals surface area contributed by atoms with Crippen LogP contribution >= 0.6 is 0 Å². The summed E-state index contributed by atoms with van der Waals surface area (Å²) in [5.74, 6) is 2.49. The van der Waals surface area contributed by atoms with E-state index in [1.165, 1.54) is 0 Å². The largest absolute Gasteiger partial charge is 0.466 e. The summed E-state index contributed by atoms with van der Waals surface area (Å²) in [5.41, 5.74) is 0.667. The number of hydrogen-bond acceptors (Lipinski definition) is 4. The fraction of sp³-hybridized carbons (Fsp3) is 0.500. The van der Waals surface area contributed by atoms with Crippen molar-refractivity contribution in [3.05, 3.63) is 41.4 Å². The van der Waals surface area contributed by atoms with Gasteiger partial charge in [0.15, 0.2) is 0 Å². The monoisotopic (exact) mass is 302 g/mol. The first-order chi connectivity index (χ1) is 10.5. The molecule has 1 amide bonds. The molecule has 0 bridgehead atoms. The molecule has 1 aliphatic heterocycles. The second-order valence-corrected chi connectivity index (χ2v) is 5.97. The molecule has 2 aromatic heterocycles. The summed E-state index contributed by atoms with van der Waals surface area (Å²) < 4.78 is 7.51. The van der Waals surface area contributed by atoms with Gasteiger partial charge in [-0.25, -0.2) is 4.98 Å². The van der Waals surface area contributed by atoms with E-state index in [0.29, 0.717) is 17.9 Å². The number of carbonyl (C=O) groups excluding carboxylic acids is 1. The molecule has 1 saturated heterocycles. The first kappa shape index (κ1) is 14.8. The lowest BCUT2D eigenvalue weighted by molar-refractivity contribution is 0.0527. The Hall–Kier alpha value is -2.08. The Kier molecular flexibility index (Phi) is 3.78. The van der Waals surface area contributed by atoms with Gasteiger partial charge < -0.3 is 13.9 Å². The summed E-state index contributed by atoms with van der Waals surface area (Å²) in [5, 5.41) is 0. The highest BCUT2D eigenvalue weighted by molar-refractivity contribution is 5.95. The van der Waals surface area contributed by atoms with Gasteiger partial charge in [0.25, 0.3) is 5.91 Å². The van der Waals surface area contributed by atoms with Crippen LogP contribution in [0.3, 0.4) is 0 Å². The molecule has 3 rings (SSSR count). The number of carbonyl (C=O) groups is 1. The molecule has 0 radical (unpaired) electrons. The van der Waals surface area contributed by atoms with Crippen LogP contribution in [-0.2, 0) is 7.05 Å². The molecular weight excluding hydrogens is 280 g/mol. The van der Waals surface area contributed by atoms with Gasteiger partial charge in [-0.15, -0.1) is 0 Å². The Morgan fingerprint density at radius 2 is 2.09 bits per heavy atom. The molecule has 6 nitrogen and oxygen atoms in total. The first-order valence-corrected chi connectivity index (χ1v) is 7.51. The van der Waals surface area contributed by atoms with Gasteiger partial charge in [0, 0.05) is 39.1 Å². The van der Waals surface area contributed by atoms with Crippen LogP contribution in [0.2, 0.25) is 0 Å². The number of aromatic nitrogens is 2. The molecule has 2 aromatic rings. The van der Waals surface area contributed by atoms with Gasteiger partial charge >= 0.3 is 0 Å².